The summed E-state index contributed by atoms with van der Waals surface area (Å²) in [6, 6.07) is 5.53. The van der Waals surface area contributed by atoms with Gasteiger partial charge in [0.1, 0.15) is 12.1 Å². The first-order valence-corrected chi connectivity index (χ1v) is 5.67. The van der Waals surface area contributed by atoms with Crippen molar-refractivity contribution >= 4 is 22.9 Å². The number of hydrogen-bond acceptors (Lipinski definition) is 5. The number of hydrogen-bond donors (Lipinski definition) is 1. The molecule has 0 atom stereocenters. The first-order valence-electron chi connectivity index (χ1n) is 4.85. The highest BCUT2D eigenvalue weighted by Gasteiger charge is 2.07. The summed E-state index contributed by atoms with van der Waals surface area (Å²) in [4.78, 5) is 21.4. The Balaban J connectivity index is 1.94. The van der Waals surface area contributed by atoms with Gasteiger partial charge in [0.25, 0.3) is 0 Å². The fourth-order valence-electron chi connectivity index (χ4n) is 1.24. The number of thiophene rings is 1. The Hall–Kier alpha value is -1.75. The first kappa shape index (κ1) is 10.8. The van der Waals surface area contributed by atoms with Gasteiger partial charge in [0, 0.05) is 11.1 Å². The lowest BCUT2D eigenvalue weighted by Crippen LogP contribution is -2.13. The van der Waals surface area contributed by atoms with E-state index in [0.29, 0.717) is 5.82 Å². The van der Waals surface area contributed by atoms with Crippen LogP contribution >= 0.6 is 11.3 Å². The van der Waals surface area contributed by atoms with Crippen molar-refractivity contribution in [3.63, 3.8) is 0 Å². The van der Waals surface area contributed by atoms with Crippen molar-refractivity contribution in [2.24, 2.45) is 0 Å². The number of carbonyl (C=O) groups is 1. The Morgan fingerprint density at radius 2 is 2.31 bits per heavy atom. The van der Waals surface area contributed by atoms with Crippen molar-refractivity contribution in [3.05, 3.63) is 40.5 Å². The maximum absolute atomic E-state index is 11.7. The Morgan fingerprint density at radius 1 is 1.44 bits per heavy atom. The Morgan fingerprint density at radius 3 is 2.94 bits per heavy atom. The van der Waals surface area contributed by atoms with Gasteiger partial charge >= 0.3 is 0 Å². The van der Waals surface area contributed by atoms with Gasteiger partial charge in [0.15, 0.2) is 5.78 Å². The highest BCUT2D eigenvalue weighted by atomic mass is 32.1. The van der Waals surface area contributed by atoms with Gasteiger partial charge in [-0.15, -0.1) is 11.3 Å². The second-order valence-corrected chi connectivity index (χ2v) is 4.57. The van der Waals surface area contributed by atoms with E-state index in [1.807, 2.05) is 19.1 Å². The molecule has 0 fully saturated rings. The molecule has 16 heavy (non-hydrogen) atoms. The Bertz CT molecular complexity index is 481. The molecular formula is C11H11N3OS. The second kappa shape index (κ2) is 4.85. The lowest BCUT2D eigenvalue weighted by Gasteiger charge is -2.02. The van der Waals surface area contributed by atoms with E-state index in [2.05, 4.69) is 15.3 Å². The van der Waals surface area contributed by atoms with E-state index in [4.69, 9.17) is 0 Å². The molecule has 0 bridgehead atoms. The van der Waals surface area contributed by atoms with Gasteiger partial charge in [-0.3, -0.25) is 4.79 Å². The van der Waals surface area contributed by atoms with E-state index in [0.717, 1.165) is 9.75 Å². The fraction of sp³-hybridized carbons (Fsp3) is 0.182. The van der Waals surface area contributed by atoms with Crippen molar-refractivity contribution in [2.45, 2.75) is 6.92 Å². The van der Waals surface area contributed by atoms with E-state index < -0.39 is 0 Å². The summed E-state index contributed by atoms with van der Waals surface area (Å²) in [5, 5.41) is 2.96. The van der Waals surface area contributed by atoms with Crippen LogP contribution in [0, 0.1) is 6.92 Å². The molecule has 0 aliphatic heterocycles. The van der Waals surface area contributed by atoms with Crippen LogP contribution in [0.4, 0.5) is 5.82 Å². The van der Waals surface area contributed by atoms with E-state index >= 15 is 0 Å². The van der Waals surface area contributed by atoms with Gasteiger partial charge in [-0.1, -0.05) is 0 Å². The zero-order valence-corrected chi connectivity index (χ0v) is 9.62. The normalized spacial score (nSPS) is 10.1. The summed E-state index contributed by atoms with van der Waals surface area (Å²) in [6.45, 7) is 2.25. The van der Waals surface area contributed by atoms with Crippen molar-refractivity contribution in [1.29, 1.82) is 0 Å². The molecule has 1 N–H and O–H groups in total. The minimum absolute atomic E-state index is 0.0803. The lowest BCUT2D eigenvalue weighted by atomic mass is 10.3. The van der Waals surface area contributed by atoms with E-state index in [-0.39, 0.29) is 12.3 Å². The number of aryl methyl sites for hydroxylation is 1. The van der Waals surface area contributed by atoms with Crippen molar-refractivity contribution in [2.75, 3.05) is 11.9 Å². The van der Waals surface area contributed by atoms with Crippen LogP contribution in [0.2, 0.25) is 0 Å². The van der Waals surface area contributed by atoms with Crippen LogP contribution in [0.3, 0.4) is 0 Å². The van der Waals surface area contributed by atoms with Crippen molar-refractivity contribution in [3.8, 4) is 0 Å². The van der Waals surface area contributed by atoms with Crippen molar-refractivity contribution < 1.29 is 4.79 Å². The highest BCUT2D eigenvalue weighted by molar-refractivity contribution is 7.14. The average Bonchev–Trinajstić information content (AvgIpc) is 2.74. The number of rotatable bonds is 4. The maximum atomic E-state index is 11.7. The van der Waals surface area contributed by atoms with Gasteiger partial charge in [0.2, 0.25) is 0 Å². The molecule has 2 rings (SSSR count). The Labute approximate surface area is 97.4 Å². The molecule has 82 valence electrons. The fourth-order valence-corrected chi connectivity index (χ4v) is 2.04. The minimum Gasteiger partial charge on any atom is -0.362 e. The van der Waals surface area contributed by atoms with Crippen LogP contribution in [0.15, 0.2) is 30.7 Å². The first-order chi connectivity index (χ1) is 7.75. The molecule has 2 aromatic rings. The molecule has 0 saturated carbocycles. The van der Waals surface area contributed by atoms with Crippen LogP contribution in [0.5, 0.6) is 0 Å². The van der Waals surface area contributed by atoms with Gasteiger partial charge in [-0.05, 0) is 25.1 Å². The number of carbonyl (C=O) groups excluding carboxylic acids is 1. The third-order valence-electron chi connectivity index (χ3n) is 2.03. The monoisotopic (exact) mass is 233 g/mol. The number of aromatic nitrogens is 2. The number of nitrogens with one attached hydrogen (secondary N) is 1. The lowest BCUT2D eigenvalue weighted by molar-refractivity contribution is 0.101. The van der Waals surface area contributed by atoms with Crippen molar-refractivity contribution in [1.82, 2.24) is 9.97 Å². The molecule has 4 nitrogen and oxygen atoms in total. The predicted octanol–water partition coefficient (Wildman–Crippen LogP) is 2.14. The summed E-state index contributed by atoms with van der Waals surface area (Å²) in [5.74, 6) is 0.744. The van der Waals surface area contributed by atoms with Gasteiger partial charge in [-0.2, -0.15) is 0 Å². The van der Waals surface area contributed by atoms with Crippen LogP contribution in [-0.4, -0.2) is 22.3 Å². The quantitative estimate of drug-likeness (QED) is 0.822. The van der Waals surface area contributed by atoms with Crippen LogP contribution in [0.25, 0.3) is 0 Å². The molecule has 0 radical (unpaired) electrons. The topological polar surface area (TPSA) is 54.9 Å². The van der Waals surface area contributed by atoms with Gasteiger partial charge < -0.3 is 5.32 Å². The van der Waals surface area contributed by atoms with E-state index in [1.165, 1.54) is 17.7 Å². The molecule has 0 aromatic carbocycles. The summed E-state index contributed by atoms with van der Waals surface area (Å²) < 4.78 is 0. The molecule has 0 amide bonds. The average molecular weight is 233 g/mol. The summed E-state index contributed by atoms with van der Waals surface area (Å²) >= 11 is 1.51. The zero-order valence-electron chi connectivity index (χ0n) is 8.80. The Kier molecular flexibility index (Phi) is 3.26. The summed E-state index contributed by atoms with van der Waals surface area (Å²) in [6.07, 6.45) is 3.08. The largest absolute Gasteiger partial charge is 0.362 e. The molecular weight excluding hydrogens is 222 g/mol. The molecule has 0 unspecified atom stereocenters. The molecule has 0 spiro atoms. The molecule has 0 saturated heterocycles. The second-order valence-electron chi connectivity index (χ2n) is 3.28. The van der Waals surface area contributed by atoms with E-state index in [1.54, 1.807) is 12.3 Å². The summed E-state index contributed by atoms with van der Waals surface area (Å²) in [7, 11) is 0. The SMILES string of the molecule is Cc1ccc(C(=O)CNc2ccncn2)s1. The molecule has 2 heterocycles. The standard InChI is InChI=1S/C11H11N3OS/c1-8-2-3-10(16-8)9(15)6-13-11-4-5-12-7-14-11/h2-5,7H,6H2,1H3,(H,12,13,14). The van der Waals surface area contributed by atoms with E-state index in [9.17, 15) is 4.79 Å². The van der Waals surface area contributed by atoms with Crippen LogP contribution in [-0.2, 0) is 0 Å². The molecule has 5 heteroatoms. The summed E-state index contributed by atoms with van der Waals surface area (Å²) in [5.41, 5.74) is 0. The number of ketones is 1. The third-order valence-corrected chi connectivity index (χ3v) is 3.07. The predicted molar refractivity (Wildman–Crippen MR) is 63.9 cm³/mol. The highest BCUT2D eigenvalue weighted by Crippen LogP contribution is 2.15. The maximum Gasteiger partial charge on any atom is 0.191 e. The van der Waals surface area contributed by atoms with Gasteiger partial charge in [0.05, 0.1) is 11.4 Å². The molecule has 2 aromatic heterocycles. The zero-order chi connectivity index (χ0) is 11.4. The number of Topliss-reactive ketones (excluding diaryl/α,β-unsaturated/α-hetero) is 1. The number of nitrogens with zero attached hydrogens (tertiary/aromatic N) is 2. The van der Waals surface area contributed by atoms with Crippen LogP contribution < -0.4 is 5.32 Å². The minimum atomic E-state index is 0.0803. The third kappa shape index (κ3) is 2.64. The number of anilines is 1. The van der Waals surface area contributed by atoms with Gasteiger partial charge in [-0.25, -0.2) is 9.97 Å². The smallest absolute Gasteiger partial charge is 0.191 e. The van der Waals surface area contributed by atoms with Crippen LogP contribution in [0.1, 0.15) is 14.5 Å². The molecule has 0 aliphatic carbocycles. The molecule has 0 aliphatic rings.